The summed E-state index contributed by atoms with van der Waals surface area (Å²) in [6.45, 7) is 12.5. The van der Waals surface area contributed by atoms with E-state index in [1.54, 1.807) is 38.4 Å². The molecular weight excluding hydrogens is 348 g/mol. The Hall–Kier alpha value is -2.91. The minimum Gasteiger partial charge on any atom is -0.474 e. The van der Waals surface area contributed by atoms with Crippen LogP contribution in [0.5, 0.6) is 5.75 Å². The van der Waals surface area contributed by atoms with Crippen molar-refractivity contribution < 1.29 is 14.3 Å². The Morgan fingerprint density at radius 3 is 2.62 bits per heavy atom. The lowest BCUT2D eigenvalue weighted by atomic mass is 10.0. The molecule has 0 saturated heterocycles. The number of esters is 1. The van der Waals surface area contributed by atoms with E-state index in [0.717, 1.165) is 21.3 Å². The van der Waals surface area contributed by atoms with Gasteiger partial charge in [-0.15, -0.1) is 11.3 Å². The Balaban J connectivity index is 2.11. The van der Waals surface area contributed by atoms with Crippen LogP contribution in [0.1, 0.15) is 20.8 Å². The van der Waals surface area contributed by atoms with E-state index in [-0.39, 0.29) is 0 Å². The second-order valence-electron chi connectivity index (χ2n) is 6.13. The number of rotatable bonds is 5. The van der Waals surface area contributed by atoms with Gasteiger partial charge in [0, 0.05) is 5.56 Å². The third kappa shape index (κ3) is 3.39. The van der Waals surface area contributed by atoms with Gasteiger partial charge in [0.25, 0.3) is 0 Å². The number of carbonyl (C=O) groups excluding carboxylic acids is 1. The van der Waals surface area contributed by atoms with Crippen molar-refractivity contribution in [2.24, 2.45) is 0 Å². The maximum atomic E-state index is 12.3. The largest absolute Gasteiger partial charge is 0.474 e. The van der Waals surface area contributed by atoms with Gasteiger partial charge in [0.15, 0.2) is 11.3 Å². The van der Waals surface area contributed by atoms with Gasteiger partial charge < -0.3 is 9.47 Å². The van der Waals surface area contributed by atoms with Crippen molar-refractivity contribution in [3.05, 3.63) is 53.3 Å². The van der Waals surface area contributed by atoms with Crippen molar-refractivity contribution in [1.82, 2.24) is 4.98 Å². The van der Waals surface area contributed by atoms with Crippen LogP contribution in [-0.2, 0) is 9.53 Å². The molecule has 0 spiro atoms. The molecule has 0 bridgehead atoms. The van der Waals surface area contributed by atoms with Gasteiger partial charge >= 0.3 is 5.97 Å². The minimum atomic E-state index is -1.14. The molecule has 0 radical (unpaired) electrons. The minimum absolute atomic E-state index is 0.293. The number of hydrogen-bond acceptors (Lipinski definition) is 5. The predicted octanol–water partition coefficient (Wildman–Crippen LogP) is 5.23. The molecule has 0 amide bonds. The van der Waals surface area contributed by atoms with Gasteiger partial charge in [-0.2, -0.15) is 0 Å². The highest BCUT2D eigenvalue weighted by atomic mass is 32.1. The number of fused-ring (bicyclic) bond motifs is 1. The van der Waals surface area contributed by atoms with Crippen LogP contribution < -0.4 is 4.74 Å². The van der Waals surface area contributed by atoms with Gasteiger partial charge in [-0.25, -0.2) is 14.6 Å². The second kappa shape index (κ2) is 7.14. The van der Waals surface area contributed by atoms with Gasteiger partial charge in [0.1, 0.15) is 5.75 Å². The van der Waals surface area contributed by atoms with Crippen LogP contribution in [0, 0.1) is 6.57 Å². The Labute approximate surface area is 156 Å². The highest BCUT2D eigenvalue weighted by molar-refractivity contribution is 7.17. The molecule has 6 heteroatoms. The van der Waals surface area contributed by atoms with Gasteiger partial charge in [0.2, 0.25) is 0 Å². The highest BCUT2D eigenvalue weighted by Crippen LogP contribution is 2.41. The third-order valence-electron chi connectivity index (χ3n) is 3.89. The quantitative estimate of drug-likeness (QED) is 0.458. The van der Waals surface area contributed by atoms with Crippen molar-refractivity contribution in [2.75, 3.05) is 6.61 Å². The zero-order chi connectivity index (χ0) is 18.7. The van der Waals surface area contributed by atoms with Crippen LogP contribution in [0.4, 0.5) is 5.69 Å². The van der Waals surface area contributed by atoms with E-state index in [9.17, 15) is 4.79 Å². The van der Waals surface area contributed by atoms with Crippen molar-refractivity contribution in [3.8, 4) is 16.9 Å². The molecule has 0 atom stereocenters. The standard InChI is InChI=1S/C20H18N2O3S/c1-5-24-19(23)20(2,3)25-17-15(10-11-16-18(17)26-12-22-16)13-6-8-14(21-4)9-7-13/h6-12H,5H2,1-3H3. The number of hydrogen-bond donors (Lipinski definition) is 0. The molecule has 0 aliphatic carbocycles. The van der Waals surface area contributed by atoms with Crippen LogP contribution >= 0.6 is 11.3 Å². The van der Waals surface area contributed by atoms with Gasteiger partial charge in [0.05, 0.1) is 28.9 Å². The maximum Gasteiger partial charge on any atom is 0.349 e. The van der Waals surface area contributed by atoms with Gasteiger partial charge in [-0.05, 0) is 38.5 Å². The summed E-state index contributed by atoms with van der Waals surface area (Å²) in [6.07, 6.45) is 0. The van der Waals surface area contributed by atoms with Crippen LogP contribution in [0.15, 0.2) is 41.9 Å². The molecular formula is C20H18N2O3S. The number of benzene rings is 2. The maximum absolute atomic E-state index is 12.3. The summed E-state index contributed by atoms with van der Waals surface area (Å²) in [7, 11) is 0. The fourth-order valence-electron chi connectivity index (χ4n) is 2.55. The summed E-state index contributed by atoms with van der Waals surface area (Å²) in [6, 6.07) is 11.1. The third-order valence-corrected chi connectivity index (χ3v) is 4.73. The summed E-state index contributed by atoms with van der Waals surface area (Å²) in [5.74, 6) is 0.175. The summed E-state index contributed by atoms with van der Waals surface area (Å²) >= 11 is 1.46. The fourth-order valence-corrected chi connectivity index (χ4v) is 3.32. The number of nitrogens with zero attached hydrogens (tertiary/aromatic N) is 2. The van der Waals surface area contributed by atoms with E-state index in [0.29, 0.717) is 18.0 Å². The lowest BCUT2D eigenvalue weighted by Gasteiger charge is -2.26. The molecule has 0 fully saturated rings. The molecule has 132 valence electrons. The lowest BCUT2D eigenvalue weighted by molar-refractivity contribution is -0.158. The number of ether oxygens (including phenoxy) is 2. The molecule has 0 saturated carbocycles. The lowest BCUT2D eigenvalue weighted by Crippen LogP contribution is -2.39. The van der Waals surface area contributed by atoms with Crippen LogP contribution in [-0.4, -0.2) is 23.2 Å². The van der Waals surface area contributed by atoms with Crippen LogP contribution in [0.25, 0.3) is 26.2 Å². The summed E-state index contributed by atoms with van der Waals surface area (Å²) in [5.41, 5.74) is 3.74. The average molecular weight is 366 g/mol. The van der Waals surface area contributed by atoms with Crippen molar-refractivity contribution in [1.29, 1.82) is 0 Å². The molecule has 0 N–H and O–H groups in total. The average Bonchev–Trinajstić information content (AvgIpc) is 3.11. The molecule has 26 heavy (non-hydrogen) atoms. The molecule has 0 aliphatic heterocycles. The Morgan fingerprint density at radius 1 is 1.23 bits per heavy atom. The van der Waals surface area contributed by atoms with E-state index in [1.165, 1.54) is 11.3 Å². The number of carbonyl (C=O) groups is 1. The van der Waals surface area contributed by atoms with Crippen LogP contribution in [0.3, 0.4) is 0 Å². The van der Waals surface area contributed by atoms with Gasteiger partial charge in [-0.1, -0.05) is 24.3 Å². The molecule has 1 heterocycles. The van der Waals surface area contributed by atoms with E-state index >= 15 is 0 Å². The topological polar surface area (TPSA) is 52.8 Å². The smallest absolute Gasteiger partial charge is 0.349 e. The number of aromatic nitrogens is 1. The fraction of sp³-hybridized carbons (Fsp3) is 0.250. The first-order valence-electron chi connectivity index (χ1n) is 8.16. The molecule has 3 aromatic rings. The molecule has 3 rings (SSSR count). The normalized spacial score (nSPS) is 11.2. The van der Waals surface area contributed by atoms with E-state index in [1.807, 2.05) is 24.3 Å². The predicted molar refractivity (Wildman–Crippen MR) is 103 cm³/mol. The van der Waals surface area contributed by atoms with Crippen molar-refractivity contribution in [2.45, 2.75) is 26.4 Å². The zero-order valence-electron chi connectivity index (χ0n) is 14.8. The molecule has 0 aliphatic rings. The van der Waals surface area contributed by atoms with Crippen LogP contribution in [0.2, 0.25) is 0 Å². The summed E-state index contributed by atoms with van der Waals surface area (Å²) in [5, 5.41) is 0. The molecule has 5 nitrogen and oxygen atoms in total. The Kier molecular flexibility index (Phi) is 4.92. The van der Waals surface area contributed by atoms with E-state index in [2.05, 4.69) is 9.83 Å². The summed E-state index contributed by atoms with van der Waals surface area (Å²) < 4.78 is 12.2. The Bertz CT molecular complexity index is 984. The first-order valence-corrected chi connectivity index (χ1v) is 9.04. The number of thiazole rings is 1. The monoisotopic (exact) mass is 366 g/mol. The van der Waals surface area contributed by atoms with E-state index < -0.39 is 11.6 Å². The highest BCUT2D eigenvalue weighted by Gasteiger charge is 2.33. The van der Waals surface area contributed by atoms with Crippen molar-refractivity contribution in [3.63, 3.8) is 0 Å². The molecule has 0 unspecified atom stereocenters. The first-order chi connectivity index (χ1) is 12.5. The van der Waals surface area contributed by atoms with Gasteiger partial charge in [-0.3, -0.25) is 0 Å². The first kappa shape index (κ1) is 17.9. The molecule has 1 aromatic heterocycles. The second-order valence-corrected chi connectivity index (χ2v) is 6.99. The summed E-state index contributed by atoms with van der Waals surface area (Å²) in [4.78, 5) is 20.0. The van der Waals surface area contributed by atoms with E-state index in [4.69, 9.17) is 16.0 Å². The van der Waals surface area contributed by atoms with Crippen molar-refractivity contribution >= 4 is 33.2 Å². The SMILES string of the molecule is [C-]#[N+]c1ccc(-c2ccc3ncsc3c2OC(C)(C)C(=O)OCC)cc1. The Morgan fingerprint density at radius 2 is 1.96 bits per heavy atom. The molecule has 2 aromatic carbocycles. The zero-order valence-corrected chi connectivity index (χ0v) is 15.6.